The van der Waals surface area contributed by atoms with Crippen LogP contribution in [0.4, 0.5) is 5.69 Å². The quantitative estimate of drug-likeness (QED) is 0.450. The zero-order chi connectivity index (χ0) is 21.5. The van der Waals surface area contributed by atoms with Crippen LogP contribution in [0.5, 0.6) is 5.88 Å². The van der Waals surface area contributed by atoms with Gasteiger partial charge < -0.3 is 10.0 Å². The first-order valence-electron chi connectivity index (χ1n) is 10.0. The lowest BCUT2D eigenvalue weighted by molar-refractivity contribution is 0.211. The molecule has 0 amide bonds. The smallest absolute Gasteiger partial charge is 0.230 e. The number of thiazole rings is 1. The molecule has 160 valence electrons. The van der Waals surface area contributed by atoms with Crippen LogP contribution in [0.1, 0.15) is 22.3 Å². The standard InChI is InChI=1S/C22H21Cl2N5OS/c1-14-25-22-29(26-14)21(30)20(31-22)19(15-4-2-5-16(23)12-15)28-10-8-27(9-11-28)18-7-3-6-17(24)13-18/h2-7,12-13,19,30H,8-11H2,1H3/t19-/m1/s1. The van der Waals surface area contributed by atoms with Crippen LogP contribution >= 0.6 is 34.5 Å². The first-order chi connectivity index (χ1) is 15.0. The van der Waals surface area contributed by atoms with Crippen molar-refractivity contribution in [1.29, 1.82) is 0 Å². The van der Waals surface area contributed by atoms with Gasteiger partial charge in [-0.1, -0.05) is 52.7 Å². The van der Waals surface area contributed by atoms with Gasteiger partial charge in [-0.15, -0.1) is 5.10 Å². The van der Waals surface area contributed by atoms with Crippen molar-refractivity contribution in [2.75, 3.05) is 31.1 Å². The highest BCUT2D eigenvalue weighted by Crippen LogP contribution is 2.41. The van der Waals surface area contributed by atoms with Crippen LogP contribution < -0.4 is 4.90 Å². The number of fused-ring (bicyclic) bond motifs is 1. The van der Waals surface area contributed by atoms with E-state index in [1.807, 2.05) is 43.3 Å². The van der Waals surface area contributed by atoms with Gasteiger partial charge >= 0.3 is 0 Å². The molecular weight excluding hydrogens is 453 g/mol. The Hall–Kier alpha value is -2.32. The van der Waals surface area contributed by atoms with Crippen molar-refractivity contribution in [1.82, 2.24) is 19.5 Å². The Bertz CT molecular complexity index is 1230. The summed E-state index contributed by atoms with van der Waals surface area (Å²) in [6.45, 7) is 5.20. The normalized spacial score (nSPS) is 16.2. The minimum Gasteiger partial charge on any atom is -0.492 e. The van der Waals surface area contributed by atoms with Gasteiger partial charge in [-0.2, -0.15) is 4.52 Å². The van der Waals surface area contributed by atoms with E-state index in [1.165, 1.54) is 15.9 Å². The summed E-state index contributed by atoms with van der Waals surface area (Å²) in [4.78, 5) is 10.7. The number of piperazine rings is 1. The lowest BCUT2D eigenvalue weighted by Crippen LogP contribution is -2.47. The Morgan fingerprint density at radius 1 is 1.00 bits per heavy atom. The number of benzene rings is 2. The molecule has 1 atom stereocenters. The number of nitrogens with zero attached hydrogens (tertiary/aromatic N) is 5. The second-order valence-electron chi connectivity index (χ2n) is 7.60. The predicted molar refractivity (Wildman–Crippen MR) is 126 cm³/mol. The van der Waals surface area contributed by atoms with E-state index < -0.39 is 0 Å². The number of aryl methyl sites for hydroxylation is 1. The number of aromatic hydroxyl groups is 1. The molecule has 3 heterocycles. The molecule has 0 bridgehead atoms. The molecule has 31 heavy (non-hydrogen) atoms. The van der Waals surface area contributed by atoms with E-state index in [9.17, 15) is 5.11 Å². The van der Waals surface area contributed by atoms with Crippen LogP contribution in [-0.2, 0) is 0 Å². The number of hydrogen-bond donors (Lipinski definition) is 1. The van der Waals surface area contributed by atoms with Gasteiger partial charge in [0, 0.05) is 41.9 Å². The van der Waals surface area contributed by atoms with Crippen LogP contribution in [-0.4, -0.2) is 50.8 Å². The second-order valence-corrected chi connectivity index (χ2v) is 9.49. The van der Waals surface area contributed by atoms with Crippen LogP contribution in [0.15, 0.2) is 48.5 Å². The Balaban J connectivity index is 1.48. The van der Waals surface area contributed by atoms with E-state index >= 15 is 0 Å². The summed E-state index contributed by atoms with van der Waals surface area (Å²) in [5, 5.41) is 16.7. The number of aromatic nitrogens is 3. The predicted octanol–water partition coefficient (Wildman–Crippen LogP) is 5.02. The van der Waals surface area contributed by atoms with E-state index in [1.54, 1.807) is 0 Å². The molecule has 9 heteroatoms. The highest BCUT2D eigenvalue weighted by molar-refractivity contribution is 7.17. The first kappa shape index (κ1) is 20.6. The van der Waals surface area contributed by atoms with Crippen LogP contribution in [0.25, 0.3) is 4.96 Å². The van der Waals surface area contributed by atoms with Crippen molar-refractivity contribution in [3.8, 4) is 5.88 Å². The summed E-state index contributed by atoms with van der Waals surface area (Å²) >= 11 is 14.0. The Morgan fingerprint density at radius 3 is 2.39 bits per heavy atom. The highest BCUT2D eigenvalue weighted by atomic mass is 35.5. The van der Waals surface area contributed by atoms with Crippen molar-refractivity contribution < 1.29 is 5.11 Å². The van der Waals surface area contributed by atoms with Crippen molar-refractivity contribution >= 4 is 45.2 Å². The first-order valence-corrected chi connectivity index (χ1v) is 11.6. The minimum atomic E-state index is -0.131. The van der Waals surface area contributed by atoms with Crippen molar-refractivity contribution in [3.05, 3.63) is 74.8 Å². The second kappa shape index (κ2) is 8.31. The molecule has 1 aliphatic heterocycles. The monoisotopic (exact) mass is 473 g/mol. The van der Waals surface area contributed by atoms with Gasteiger partial charge in [-0.05, 0) is 42.8 Å². The zero-order valence-corrected chi connectivity index (χ0v) is 19.2. The molecule has 1 aliphatic rings. The summed E-state index contributed by atoms with van der Waals surface area (Å²) in [7, 11) is 0. The number of anilines is 1. The van der Waals surface area contributed by atoms with Gasteiger partial charge in [0.1, 0.15) is 5.82 Å². The van der Waals surface area contributed by atoms with E-state index in [2.05, 4.69) is 32.0 Å². The van der Waals surface area contributed by atoms with Crippen LogP contribution in [0, 0.1) is 6.92 Å². The molecule has 0 spiro atoms. The van der Waals surface area contributed by atoms with E-state index in [0.29, 0.717) is 15.8 Å². The topological polar surface area (TPSA) is 56.9 Å². The summed E-state index contributed by atoms with van der Waals surface area (Å²) in [6.07, 6.45) is 0. The maximum absolute atomic E-state index is 11.0. The maximum atomic E-state index is 11.0. The molecule has 4 aromatic rings. The molecule has 0 aliphatic carbocycles. The van der Waals surface area contributed by atoms with Crippen LogP contribution in [0.2, 0.25) is 10.0 Å². The molecule has 0 radical (unpaired) electrons. The maximum Gasteiger partial charge on any atom is 0.230 e. The van der Waals surface area contributed by atoms with Gasteiger partial charge in [-0.3, -0.25) is 4.90 Å². The number of halogens is 2. The molecular formula is C22H21Cl2N5OS. The van der Waals surface area contributed by atoms with E-state index in [-0.39, 0.29) is 11.9 Å². The molecule has 2 aromatic heterocycles. The summed E-state index contributed by atoms with van der Waals surface area (Å²) in [5.41, 5.74) is 2.17. The van der Waals surface area contributed by atoms with Crippen molar-refractivity contribution in [2.24, 2.45) is 0 Å². The van der Waals surface area contributed by atoms with E-state index in [0.717, 1.165) is 47.3 Å². The van der Waals surface area contributed by atoms with Gasteiger partial charge in [0.25, 0.3) is 0 Å². The third-order valence-corrected chi connectivity index (χ3v) is 7.11. The third kappa shape index (κ3) is 3.99. The van der Waals surface area contributed by atoms with Crippen LogP contribution in [0.3, 0.4) is 0 Å². The molecule has 1 saturated heterocycles. The van der Waals surface area contributed by atoms with Crippen molar-refractivity contribution in [3.63, 3.8) is 0 Å². The number of rotatable bonds is 4. The minimum absolute atomic E-state index is 0.131. The average molecular weight is 474 g/mol. The fourth-order valence-electron chi connectivity index (χ4n) is 4.14. The molecule has 5 rings (SSSR count). The zero-order valence-electron chi connectivity index (χ0n) is 16.9. The Morgan fingerprint density at radius 2 is 1.71 bits per heavy atom. The summed E-state index contributed by atoms with van der Waals surface area (Å²) in [6, 6.07) is 15.7. The van der Waals surface area contributed by atoms with E-state index in [4.69, 9.17) is 23.2 Å². The Labute approximate surface area is 194 Å². The van der Waals surface area contributed by atoms with Gasteiger partial charge in [-0.25, -0.2) is 4.98 Å². The third-order valence-electron chi connectivity index (χ3n) is 5.57. The van der Waals surface area contributed by atoms with Gasteiger partial charge in [0.15, 0.2) is 0 Å². The fraction of sp³-hybridized carbons (Fsp3) is 0.273. The Kier molecular flexibility index (Phi) is 5.52. The molecule has 2 aromatic carbocycles. The molecule has 6 nitrogen and oxygen atoms in total. The summed E-state index contributed by atoms with van der Waals surface area (Å²) in [5.74, 6) is 0.783. The molecule has 0 saturated carbocycles. The largest absolute Gasteiger partial charge is 0.492 e. The lowest BCUT2D eigenvalue weighted by Gasteiger charge is -2.40. The fourth-order valence-corrected chi connectivity index (χ4v) is 5.69. The molecule has 1 N–H and O–H groups in total. The van der Waals surface area contributed by atoms with Gasteiger partial charge in [0.2, 0.25) is 10.8 Å². The number of hydrogen-bond acceptors (Lipinski definition) is 6. The lowest BCUT2D eigenvalue weighted by atomic mass is 10.0. The molecule has 0 unspecified atom stereocenters. The average Bonchev–Trinajstić information content (AvgIpc) is 3.26. The summed E-state index contributed by atoms with van der Waals surface area (Å²) < 4.78 is 1.52. The molecule has 1 fully saturated rings. The van der Waals surface area contributed by atoms with Crippen molar-refractivity contribution in [2.45, 2.75) is 13.0 Å². The SMILES string of the molecule is Cc1nc2sc([C@@H](c3cccc(Cl)c3)N3CCN(c4cccc(Cl)c4)CC3)c(O)n2n1. The highest BCUT2D eigenvalue weighted by Gasteiger charge is 2.32. The van der Waals surface area contributed by atoms with Gasteiger partial charge in [0.05, 0.1) is 10.9 Å².